The van der Waals surface area contributed by atoms with Crippen LogP contribution in [0.25, 0.3) is 0 Å². The van der Waals surface area contributed by atoms with E-state index >= 15 is 0 Å². The molecule has 1 atom stereocenters. The Hall–Kier alpha value is -0.990. The monoisotopic (exact) mass is 364 g/mol. The highest BCUT2D eigenvalue weighted by Gasteiger charge is 2.28. The number of nitrogens with one attached hydrogen (secondary N) is 2. The molecule has 20 heavy (non-hydrogen) atoms. The fourth-order valence-corrected chi connectivity index (χ4v) is 3.62. The normalized spacial score (nSPS) is 20.3. The molecule has 1 aliphatic heterocycles. The molecule has 1 unspecified atom stereocenters. The minimum absolute atomic E-state index is 0.372. The summed E-state index contributed by atoms with van der Waals surface area (Å²) in [4.78, 5) is 11.3. The number of sulfonamides is 1. The average Bonchev–Trinajstić information content (AvgIpc) is 2.54. The van der Waals surface area contributed by atoms with Gasteiger partial charge in [-0.05, 0) is 37.5 Å². The van der Waals surface area contributed by atoms with Gasteiger partial charge in [0.25, 0.3) is 0 Å². The summed E-state index contributed by atoms with van der Waals surface area (Å²) in [6.45, 7) is 0.531. The quantitative estimate of drug-likeness (QED) is 0.853. The smallest absolute Gasteiger partial charge is 0.244 e. The molecule has 1 aliphatic rings. The van der Waals surface area contributed by atoms with Crippen LogP contribution in [0, 0.1) is 5.82 Å². The fourth-order valence-electron chi connectivity index (χ4n) is 2.00. The van der Waals surface area contributed by atoms with Crippen LogP contribution in [0.1, 0.15) is 19.3 Å². The van der Waals surface area contributed by atoms with Gasteiger partial charge in [-0.25, -0.2) is 12.8 Å². The molecular formula is C12H14BrFN2O3S. The standard InChI is InChI=1S/C12H14BrFN2O3S/c13-8-4-5-11(9(14)7-8)20(18,19)16-10-3-1-2-6-15-12(10)17/h4-5,7,10,16H,1-3,6H2,(H,15,17). The van der Waals surface area contributed by atoms with E-state index in [0.29, 0.717) is 17.4 Å². The zero-order valence-corrected chi connectivity index (χ0v) is 12.9. The number of carbonyl (C=O) groups is 1. The SMILES string of the molecule is O=C1NCCCCC1NS(=O)(=O)c1ccc(Br)cc1F. The van der Waals surface area contributed by atoms with Gasteiger partial charge < -0.3 is 5.32 Å². The van der Waals surface area contributed by atoms with E-state index in [9.17, 15) is 17.6 Å². The van der Waals surface area contributed by atoms with E-state index in [1.54, 1.807) is 0 Å². The van der Waals surface area contributed by atoms with Crippen LogP contribution in [-0.2, 0) is 14.8 Å². The molecule has 0 aromatic heterocycles. The lowest BCUT2D eigenvalue weighted by Gasteiger charge is -2.15. The van der Waals surface area contributed by atoms with Gasteiger partial charge in [0.15, 0.2) is 0 Å². The Morgan fingerprint density at radius 3 is 2.80 bits per heavy atom. The van der Waals surface area contributed by atoms with Gasteiger partial charge in [0.2, 0.25) is 15.9 Å². The Balaban J connectivity index is 2.24. The van der Waals surface area contributed by atoms with Crippen molar-refractivity contribution in [3.8, 4) is 0 Å². The Morgan fingerprint density at radius 2 is 2.10 bits per heavy atom. The minimum Gasteiger partial charge on any atom is -0.355 e. The lowest BCUT2D eigenvalue weighted by Crippen LogP contribution is -2.45. The van der Waals surface area contributed by atoms with Gasteiger partial charge in [0.1, 0.15) is 16.8 Å². The molecule has 1 amide bonds. The van der Waals surface area contributed by atoms with Gasteiger partial charge in [-0.3, -0.25) is 4.79 Å². The Bertz CT molecular complexity index is 621. The summed E-state index contributed by atoms with van der Waals surface area (Å²) in [5.41, 5.74) is 0. The van der Waals surface area contributed by atoms with Crippen LogP contribution in [-0.4, -0.2) is 26.9 Å². The van der Waals surface area contributed by atoms with Crippen LogP contribution < -0.4 is 10.0 Å². The van der Waals surface area contributed by atoms with Gasteiger partial charge >= 0.3 is 0 Å². The summed E-state index contributed by atoms with van der Waals surface area (Å²) < 4.78 is 40.7. The first-order valence-electron chi connectivity index (χ1n) is 6.15. The van der Waals surface area contributed by atoms with Crippen LogP contribution in [0.3, 0.4) is 0 Å². The number of amides is 1. The summed E-state index contributed by atoms with van der Waals surface area (Å²) >= 11 is 3.06. The van der Waals surface area contributed by atoms with Crippen molar-refractivity contribution in [3.63, 3.8) is 0 Å². The lowest BCUT2D eigenvalue weighted by atomic mass is 10.1. The summed E-state index contributed by atoms with van der Waals surface area (Å²) in [5, 5.41) is 2.63. The molecule has 1 saturated heterocycles. The zero-order chi connectivity index (χ0) is 14.8. The van der Waals surface area contributed by atoms with Crippen LogP contribution in [0.5, 0.6) is 0 Å². The molecular weight excluding hydrogens is 351 g/mol. The summed E-state index contributed by atoms with van der Waals surface area (Å²) in [6.07, 6.45) is 1.94. The lowest BCUT2D eigenvalue weighted by molar-refractivity contribution is -0.122. The first kappa shape index (κ1) is 15.4. The largest absolute Gasteiger partial charge is 0.355 e. The van der Waals surface area contributed by atoms with Gasteiger partial charge in [0, 0.05) is 11.0 Å². The molecule has 2 rings (SSSR count). The summed E-state index contributed by atoms with van der Waals surface area (Å²) in [5.74, 6) is -1.23. The molecule has 0 saturated carbocycles. The van der Waals surface area contributed by atoms with E-state index in [1.165, 1.54) is 6.07 Å². The zero-order valence-electron chi connectivity index (χ0n) is 10.5. The summed E-state index contributed by atoms with van der Waals surface area (Å²) in [7, 11) is -4.06. The van der Waals surface area contributed by atoms with Crippen LogP contribution in [0.15, 0.2) is 27.6 Å². The van der Waals surface area contributed by atoms with Crippen molar-refractivity contribution in [2.75, 3.05) is 6.54 Å². The van der Waals surface area contributed by atoms with E-state index in [1.807, 2.05) is 0 Å². The number of hydrogen-bond acceptors (Lipinski definition) is 3. The third-order valence-electron chi connectivity index (χ3n) is 3.02. The number of carbonyl (C=O) groups excluding carboxylic acids is 1. The maximum atomic E-state index is 13.7. The van der Waals surface area contributed by atoms with Crippen molar-refractivity contribution in [2.45, 2.75) is 30.2 Å². The predicted octanol–water partition coefficient (Wildman–Crippen LogP) is 1.54. The van der Waals surface area contributed by atoms with Crippen molar-refractivity contribution in [3.05, 3.63) is 28.5 Å². The number of rotatable bonds is 3. The molecule has 5 nitrogen and oxygen atoms in total. The highest BCUT2D eigenvalue weighted by atomic mass is 79.9. The first-order chi connectivity index (χ1) is 9.40. The Labute approximate surface area is 125 Å². The molecule has 1 heterocycles. The molecule has 0 aliphatic carbocycles. The molecule has 1 aromatic rings. The minimum atomic E-state index is -4.06. The van der Waals surface area contributed by atoms with E-state index in [2.05, 4.69) is 26.0 Å². The second kappa shape index (κ2) is 6.19. The van der Waals surface area contributed by atoms with Crippen molar-refractivity contribution >= 4 is 31.9 Å². The Morgan fingerprint density at radius 1 is 1.35 bits per heavy atom. The van der Waals surface area contributed by atoms with Crippen molar-refractivity contribution in [1.82, 2.24) is 10.0 Å². The van der Waals surface area contributed by atoms with Crippen LogP contribution >= 0.6 is 15.9 Å². The van der Waals surface area contributed by atoms with E-state index in [0.717, 1.165) is 25.0 Å². The van der Waals surface area contributed by atoms with E-state index in [4.69, 9.17) is 0 Å². The third kappa shape index (κ3) is 3.56. The second-order valence-corrected chi connectivity index (χ2v) is 7.13. The Kier molecular flexibility index (Phi) is 4.77. The van der Waals surface area contributed by atoms with Crippen molar-refractivity contribution < 1.29 is 17.6 Å². The maximum Gasteiger partial charge on any atom is 0.244 e. The van der Waals surface area contributed by atoms with E-state index in [-0.39, 0.29) is 5.91 Å². The first-order valence-corrected chi connectivity index (χ1v) is 8.43. The second-order valence-electron chi connectivity index (χ2n) is 4.54. The van der Waals surface area contributed by atoms with Gasteiger partial charge in [-0.15, -0.1) is 0 Å². The van der Waals surface area contributed by atoms with Crippen LogP contribution in [0.4, 0.5) is 4.39 Å². The molecule has 110 valence electrons. The maximum absolute atomic E-state index is 13.7. The van der Waals surface area contributed by atoms with Gasteiger partial charge in [-0.2, -0.15) is 4.72 Å². The van der Waals surface area contributed by atoms with Crippen molar-refractivity contribution in [2.24, 2.45) is 0 Å². The molecule has 2 N–H and O–H groups in total. The van der Waals surface area contributed by atoms with Crippen LogP contribution in [0.2, 0.25) is 0 Å². The van der Waals surface area contributed by atoms with Crippen molar-refractivity contribution in [1.29, 1.82) is 0 Å². The molecule has 1 fully saturated rings. The fraction of sp³-hybridized carbons (Fsp3) is 0.417. The predicted molar refractivity (Wildman–Crippen MR) is 75.1 cm³/mol. The highest BCUT2D eigenvalue weighted by molar-refractivity contribution is 9.10. The number of halogens is 2. The summed E-state index contributed by atoms with van der Waals surface area (Å²) in [6, 6.07) is 2.81. The van der Waals surface area contributed by atoms with E-state index < -0.39 is 26.8 Å². The molecule has 1 aromatic carbocycles. The highest BCUT2D eigenvalue weighted by Crippen LogP contribution is 2.20. The van der Waals surface area contributed by atoms with Gasteiger partial charge in [-0.1, -0.05) is 15.9 Å². The van der Waals surface area contributed by atoms with Gasteiger partial charge in [0.05, 0.1) is 0 Å². The molecule has 0 radical (unpaired) electrons. The topological polar surface area (TPSA) is 75.3 Å². The molecule has 0 spiro atoms. The molecule has 0 bridgehead atoms. The number of benzene rings is 1. The number of hydrogen-bond donors (Lipinski definition) is 2. The average molecular weight is 365 g/mol. The third-order valence-corrected chi connectivity index (χ3v) is 5.01. The molecule has 8 heteroatoms.